The smallest absolute Gasteiger partial charge is 0.258 e. The van der Waals surface area contributed by atoms with E-state index in [0.29, 0.717) is 29.6 Å². The monoisotopic (exact) mass is 537 g/mol. The Morgan fingerprint density at radius 1 is 1.09 bits per heavy atom. The van der Waals surface area contributed by atoms with Crippen molar-refractivity contribution in [3.8, 4) is 0 Å². The minimum Gasteiger partial charge on any atom is -0.351 e. The molecule has 3 aromatic rings. The van der Waals surface area contributed by atoms with Crippen LogP contribution in [-0.4, -0.2) is 52.3 Å². The third kappa shape index (κ3) is 6.35. The molecule has 35 heavy (non-hydrogen) atoms. The predicted octanol–water partition coefficient (Wildman–Crippen LogP) is 4.23. The van der Waals surface area contributed by atoms with Crippen LogP contribution in [0.15, 0.2) is 58.6 Å². The maximum absolute atomic E-state index is 13.0. The van der Waals surface area contributed by atoms with E-state index in [0.717, 1.165) is 42.3 Å². The zero-order valence-electron chi connectivity index (χ0n) is 18.8. The zero-order chi connectivity index (χ0) is 22.8. The minimum absolute atomic E-state index is 0. The quantitative estimate of drug-likeness (QED) is 0.491. The lowest BCUT2D eigenvalue weighted by Crippen LogP contribution is -2.42. The van der Waals surface area contributed by atoms with E-state index in [1.54, 1.807) is 18.3 Å². The van der Waals surface area contributed by atoms with Gasteiger partial charge in [0, 0.05) is 12.2 Å². The fraction of sp³-hybridized carbons (Fsp3) is 0.292. The Morgan fingerprint density at radius 2 is 1.83 bits per heavy atom. The molecular formula is C24H26Cl2FN5O2S. The van der Waals surface area contributed by atoms with Crippen LogP contribution < -0.4 is 10.6 Å². The first kappa shape index (κ1) is 27.0. The van der Waals surface area contributed by atoms with Crippen molar-refractivity contribution < 1.29 is 14.0 Å². The minimum atomic E-state index is -0.329. The highest BCUT2D eigenvalue weighted by Gasteiger charge is 2.24. The van der Waals surface area contributed by atoms with Crippen molar-refractivity contribution in [1.82, 2.24) is 19.6 Å². The van der Waals surface area contributed by atoms with Gasteiger partial charge < -0.3 is 10.6 Å². The molecule has 2 aliphatic rings. The number of likely N-dealkylation sites (tertiary alicyclic amines) is 1. The van der Waals surface area contributed by atoms with Crippen LogP contribution in [0.3, 0.4) is 0 Å². The number of hydrogen-bond donors (Lipinski definition) is 2. The maximum atomic E-state index is 13.0. The number of carbonyl (C=O) groups excluding carboxylic acids is 2. The molecule has 11 heteroatoms. The van der Waals surface area contributed by atoms with E-state index < -0.39 is 0 Å². The van der Waals surface area contributed by atoms with Crippen LogP contribution in [0.1, 0.15) is 18.5 Å². The second-order valence-electron chi connectivity index (χ2n) is 8.34. The number of rotatable bonds is 6. The molecule has 5 rings (SSSR count). The highest BCUT2D eigenvalue weighted by Crippen LogP contribution is 2.34. The van der Waals surface area contributed by atoms with Gasteiger partial charge in [0.1, 0.15) is 11.5 Å². The average Bonchev–Trinajstić information content (AvgIpc) is 3.24. The fourth-order valence-corrected chi connectivity index (χ4v) is 5.21. The number of benzene rings is 1. The van der Waals surface area contributed by atoms with E-state index >= 15 is 0 Å². The third-order valence-corrected chi connectivity index (χ3v) is 7.04. The molecule has 0 bridgehead atoms. The molecular weight excluding hydrogens is 512 g/mol. The molecule has 0 saturated carbocycles. The Labute approximate surface area is 219 Å². The van der Waals surface area contributed by atoms with Gasteiger partial charge in [0.05, 0.1) is 28.4 Å². The van der Waals surface area contributed by atoms with Gasteiger partial charge in [0.25, 0.3) is 5.91 Å². The lowest BCUT2D eigenvalue weighted by Gasteiger charge is -2.31. The van der Waals surface area contributed by atoms with E-state index in [-0.39, 0.29) is 42.4 Å². The summed E-state index contributed by atoms with van der Waals surface area (Å²) in [6, 6.07) is 11.6. The average molecular weight is 538 g/mol. The summed E-state index contributed by atoms with van der Waals surface area (Å²) in [7, 11) is 0. The van der Waals surface area contributed by atoms with Crippen molar-refractivity contribution in [2.24, 2.45) is 5.92 Å². The standard InChI is InChI=1S/C24H24FN5O2S.2ClH/c25-17-4-6-18(7-5-17)28-22(31)15-29-10-8-16(9-11-29)13-27-24(32)20-12-19-14-26-21-2-1-3-23(33-20)30(19)21;;/h1-7,12,14,16H,8-11,13,15H2,(H,27,32)(H,28,31);2*1H. The van der Waals surface area contributed by atoms with Gasteiger partial charge in [-0.2, -0.15) is 0 Å². The van der Waals surface area contributed by atoms with Crippen LogP contribution in [0.5, 0.6) is 0 Å². The van der Waals surface area contributed by atoms with Gasteiger partial charge in [0.15, 0.2) is 0 Å². The molecule has 1 saturated heterocycles. The number of nitrogens with zero attached hydrogens (tertiary/aromatic N) is 3. The molecule has 1 aromatic carbocycles. The molecule has 7 nitrogen and oxygen atoms in total. The molecule has 2 aliphatic heterocycles. The molecule has 0 spiro atoms. The molecule has 0 unspecified atom stereocenters. The molecule has 186 valence electrons. The van der Waals surface area contributed by atoms with Crippen molar-refractivity contribution in [3.63, 3.8) is 0 Å². The highest BCUT2D eigenvalue weighted by molar-refractivity contribution is 8.04. The van der Waals surface area contributed by atoms with E-state index in [9.17, 15) is 14.0 Å². The number of halogens is 3. The molecule has 0 atom stereocenters. The first-order valence-corrected chi connectivity index (χ1v) is 11.8. The van der Waals surface area contributed by atoms with Crippen molar-refractivity contribution in [2.75, 3.05) is 31.5 Å². The number of amides is 2. The van der Waals surface area contributed by atoms with Gasteiger partial charge >= 0.3 is 0 Å². The van der Waals surface area contributed by atoms with Gasteiger partial charge in [-0.1, -0.05) is 17.8 Å². The largest absolute Gasteiger partial charge is 0.351 e. The summed E-state index contributed by atoms with van der Waals surface area (Å²) in [5.74, 6) is -0.118. The maximum Gasteiger partial charge on any atom is 0.258 e. The second-order valence-corrected chi connectivity index (χ2v) is 9.40. The molecule has 1 fully saturated rings. The van der Waals surface area contributed by atoms with E-state index in [1.807, 2.05) is 28.7 Å². The number of carbonyl (C=O) groups is 2. The molecule has 2 N–H and O–H groups in total. The number of hydrogen-bond acceptors (Lipinski definition) is 5. The summed E-state index contributed by atoms with van der Waals surface area (Å²) >= 11 is 1.46. The summed E-state index contributed by atoms with van der Waals surface area (Å²) in [6.45, 7) is 2.53. The van der Waals surface area contributed by atoms with Crippen LogP contribution in [0.2, 0.25) is 0 Å². The Kier molecular flexibility index (Phi) is 9.18. The number of thioether (sulfide) groups is 1. The zero-order valence-corrected chi connectivity index (χ0v) is 21.2. The Balaban J connectivity index is 0.00000171. The van der Waals surface area contributed by atoms with E-state index in [2.05, 4.69) is 20.5 Å². The lowest BCUT2D eigenvalue weighted by atomic mass is 9.97. The number of piperidine rings is 1. The number of imidazole rings is 1. The van der Waals surface area contributed by atoms with Gasteiger partial charge in [-0.15, -0.1) is 24.8 Å². The fourth-order valence-electron chi connectivity index (χ4n) is 4.21. The van der Waals surface area contributed by atoms with Gasteiger partial charge in [-0.05, 0) is 74.3 Å². The Hall–Kier alpha value is -2.59. The number of anilines is 1. The first-order chi connectivity index (χ1) is 16.0. The summed E-state index contributed by atoms with van der Waals surface area (Å²) in [4.78, 5) is 32.2. The van der Waals surface area contributed by atoms with Crippen molar-refractivity contribution in [3.05, 3.63) is 65.1 Å². The van der Waals surface area contributed by atoms with Crippen LogP contribution in [-0.2, 0) is 9.59 Å². The summed E-state index contributed by atoms with van der Waals surface area (Å²) in [5, 5.41) is 6.87. The summed E-state index contributed by atoms with van der Waals surface area (Å²) in [6.07, 6.45) is 5.51. The Bertz CT molecular complexity index is 1230. The molecule has 0 aliphatic carbocycles. The van der Waals surface area contributed by atoms with Crippen molar-refractivity contribution in [2.45, 2.75) is 17.9 Å². The second kappa shape index (κ2) is 11.9. The summed E-state index contributed by atoms with van der Waals surface area (Å²) < 4.78 is 15.0. The van der Waals surface area contributed by atoms with Crippen LogP contribution in [0.25, 0.3) is 11.7 Å². The first-order valence-electron chi connectivity index (χ1n) is 11.0. The molecule has 2 aromatic heterocycles. The van der Waals surface area contributed by atoms with Crippen molar-refractivity contribution in [1.29, 1.82) is 0 Å². The summed E-state index contributed by atoms with van der Waals surface area (Å²) in [5.41, 5.74) is 2.38. The van der Waals surface area contributed by atoms with Gasteiger partial charge in [-0.3, -0.25) is 18.9 Å². The predicted molar refractivity (Wildman–Crippen MR) is 141 cm³/mol. The lowest BCUT2D eigenvalue weighted by molar-refractivity contribution is -0.117. The molecule has 4 heterocycles. The molecule has 2 amide bonds. The number of nitrogens with one attached hydrogen (secondary N) is 2. The molecule has 0 radical (unpaired) electrons. The van der Waals surface area contributed by atoms with Crippen molar-refractivity contribution >= 4 is 65.8 Å². The van der Waals surface area contributed by atoms with Gasteiger partial charge in [0.2, 0.25) is 5.91 Å². The van der Waals surface area contributed by atoms with Gasteiger partial charge in [-0.25, -0.2) is 9.37 Å². The van der Waals surface area contributed by atoms with Crippen LogP contribution in [0, 0.1) is 11.7 Å². The van der Waals surface area contributed by atoms with E-state index in [4.69, 9.17) is 0 Å². The normalized spacial score (nSPS) is 15.5. The topological polar surface area (TPSA) is 78.7 Å². The number of pyridine rings is 1. The van der Waals surface area contributed by atoms with Crippen LogP contribution >= 0.6 is 36.6 Å². The SMILES string of the molecule is Cl.Cl.O=C(CN1CCC(CNC(=O)C2=Cc3cnc4cccc(n34)S2)CC1)Nc1ccc(F)cc1. The van der Waals surface area contributed by atoms with Crippen LogP contribution in [0.4, 0.5) is 10.1 Å². The highest BCUT2D eigenvalue weighted by atomic mass is 35.5. The Morgan fingerprint density at radius 3 is 2.57 bits per heavy atom. The van der Waals surface area contributed by atoms with E-state index in [1.165, 1.54) is 23.9 Å². The third-order valence-electron chi connectivity index (χ3n) is 5.99. The number of aromatic nitrogens is 2.